The quantitative estimate of drug-likeness (QED) is 0.841. The topological polar surface area (TPSA) is 30.9 Å². The first-order valence-corrected chi connectivity index (χ1v) is 10.2. The van der Waals surface area contributed by atoms with Gasteiger partial charge in [0.2, 0.25) is 0 Å². The fraction of sp³-hybridized carbons (Fsp3) is 0.435. The minimum absolute atomic E-state index is 0.296. The summed E-state index contributed by atoms with van der Waals surface area (Å²) in [4.78, 5) is 4.96. The lowest BCUT2D eigenvalue weighted by molar-refractivity contribution is 0.220. The van der Waals surface area contributed by atoms with E-state index >= 15 is 0 Å². The Labute approximate surface area is 162 Å². The Balaban J connectivity index is 1.45. The summed E-state index contributed by atoms with van der Waals surface area (Å²) in [6.45, 7) is 9.70. The summed E-state index contributed by atoms with van der Waals surface area (Å²) in [5.41, 5.74) is 8.81. The molecule has 0 radical (unpaired) electrons. The van der Waals surface area contributed by atoms with Crippen molar-refractivity contribution in [3.63, 3.8) is 0 Å². The molecule has 2 aliphatic rings. The van der Waals surface area contributed by atoms with Crippen LogP contribution in [0, 0.1) is 5.92 Å². The molecule has 1 N–H and O–H groups in total. The molecule has 4 nitrogen and oxygen atoms in total. The van der Waals surface area contributed by atoms with E-state index in [-0.39, 0.29) is 0 Å². The molecule has 2 aromatic rings. The molecule has 1 fully saturated rings. The van der Waals surface area contributed by atoms with E-state index in [1.165, 1.54) is 22.5 Å². The van der Waals surface area contributed by atoms with Crippen molar-refractivity contribution in [2.75, 3.05) is 31.1 Å². The second-order valence-electron chi connectivity index (χ2n) is 7.55. The zero-order chi connectivity index (χ0) is 18.6. The van der Waals surface area contributed by atoms with Gasteiger partial charge in [-0.3, -0.25) is 4.90 Å². The first-order valence-electron chi connectivity index (χ1n) is 10.2. The molecule has 0 saturated carbocycles. The van der Waals surface area contributed by atoms with Gasteiger partial charge in [-0.2, -0.15) is 5.10 Å². The van der Waals surface area contributed by atoms with E-state index in [1.54, 1.807) is 0 Å². The Hall–Kier alpha value is -2.33. The molecule has 0 spiro atoms. The van der Waals surface area contributed by atoms with E-state index in [0.717, 1.165) is 39.1 Å². The van der Waals surface area contributed by atoms with Crippen LogP contribution in [-0.4, -0.2) is 36.8 Å². The highest BCUT2D eigenvalue weighted by atomic mass is 15.4. The SMILES string of the molecule is CCN(CC)c1ccc(C2NN=C3CCN(Cc4ccccc4)CC32)cc1. The van der Waals surface area contributed by atoms with E-state index in [4.69, 9.17) is 0 Å². The highest BCUT2D eigenvalue weighted by Gasteiger charge is 2.36. The molecule has 0 bridgehead atoms. The Morgan fingerprint density at radius 3 is 2.48 bits per heavy atom. The van der Waals surface area contributed by atoms with Crippen molar-refractivity contribution in [3.05, 3.63) is 65.7 Å². The number of likely N-dealkylation sites (tertiary alicyclic amines) is 1. The van der Waals surface area contributed by atoms with Gasteiger partial charge in [-0.1, -0.05) is 42.5 Å². The van der Waals surface area contributed by atoms with Crippen molar-refractivity contribution >= 4 is 11.4 Å². The Kier molecular flexibility index (Phi) is 5.44. The average molecular weight is 363 g/mol. The van der Waals surface area contributed by atoms with Gasteiger partial charge in [0.25, 0.3) is 0 Å². The van der Waals surface area contributed by atoms with Crippen LogP contribution in [0.25, 0.3) is 0 Å². The number of hydrogen-bond donors (Lipinski definition) is 1. The van der Waals surface area contributed by atoms with Gasteiger partial charge in [0, 0.05) is 56.5 Å². The number of nitrogens with one attached hydrogen (secondary N) is 1. The third-order valence-electron chi connectivity index (χ3n) is 5.95. The van der Waals surface area contributed by atoms with Crippen molar-refractivity contribution < 1.29 is 0 Å². The number of hydrogen-bond acceptors (Lipinski definition) is 4. The summed E-state index contributed by atoms with van der Waals surface area (Å²) < 4.78 is 0. The molecule has 27 heavy (non-hydrogen) atoms. The molecule has 0 amide bonds. The van der Waals surface area contributed by atoms with E-state index in [9.17, 15) is 0 Å². The summed E-state index contributed by atoms with van der Waals surface area (Å²) in [5.74, 6) is 0.474. The van der Waals surface area contributed by atoms with Gasteiger partial charge in [0.15, 0.2) is 0 Å². The number of anilines is 1. The maximum absolute atomic E-state index is 4.68. The number of rotatable bonds is 6. The minimum atomic E-state index is 0.296. The molecular weight excluding hydrogens is 332 g/mol. The first-order chi connectivity index (χ1) is 13.3. The number of hydrazone groups is 1. The van der Waals surface area contributed by atoms with Crippen LogP contribution in [0.2, 0.25) is 0 Å². The van der Waals surface area contributed by atoms with Gasteiger partial charge in [0.1, 0.15) is 0 Å². The molecule has 2 aromatic carbocycles. The fourth-order valence-electron chi connectivity index (χ4n) is 4.39. The molecule has 0 aromatic heterocycles. The van der Waals surface area contributed by atoms with Gasteiger partial charge in [-0.15, -0.1) is 0 Å². The van der Waals surface area contributed by atoms with Gasteiger partial charge >= 0.3 is 0 Å². The van der Waals surface area contributed by atoms with Crippen LogP contribution < -0.4 is 10.3 Å². The van der Waals surface area contributed by atoms with Crippen LogP contribution in [0.15, 0.2) is 59.7 Å². The maximum Gasteiger partial charge on any atom is 0.0782 e. The fourth-order valence-corrected chi connectivity index (χ4v) is 4.39. The first kappa shape index (κ1) is 18.1. The Morgan fingerprint density at radius 2 is 1.78 bits per heavy atom. The predicted molar refractivity (Wildman–Crippen MR) is 113 cm³/mol. The number of piperidine rings is 1. The van der Waals surface area contributed by atoms with Crippen LogP contribution in [0.4, 0.5) is 5.69 Å². The number of fused-ring (bicyclic) bond motifs is 1. The molecule has 2 unspecified atom stereocenters. The van der Waals surface area contributed by atoms with E-state index < -0.39 is 0 Å². The summed E-state index contributed by atoms with van der Waals surface area (Å²) >= 11 is 0. The van der Waals surface area contributed by atoms with E-state index in [1.807, 2.05) is 0 Å². The molecule has 1 saturated heterocycles. The van der Waals surface area contributed by atoms with Crippen LogP contribution in [0.3, 0.4) is 0 Å². The average Bonchev–Trinajstić information content (AvgIpc) is 3.13. The maximum atomic E-state index is 4.68. The monoisotopic (exact) mass is 362 g/mol. The molecule has 142 valence electrons. The lowest BCUT2D eigenvalue weighted by Gasteiger charge is -2.33. The molecule has 2 heterocycles. The highest BCUT2D eigenvalue weighted by Crippen LogP contribution is 2.33. The van der Waals surface area contributed by atoms with Crippen molar-refractivity contribution in [1.29, 1.82) is 0 Å². The Morgan fingerprint density at radius 1 is 1.04 bits per heavy atom. The summed E-state index contributed by atoms with van der Waals surface area (Å²) in [7, 11) is 0. The molecular formula is C23H30N4. The van der Waals surface area contributed by atoms with E-state index in [2.05, 4.69) is 88.8 Å². The second kappa shape index (κ2) is 8.13. The minimum Gasteiger partial charge on any atom is -0.372 e. The van der Waals surface area contributed by atoms with Crippen LogP contribution in [0.5, 0.6) is 0 Å². The highest BCUT2D eigenvalue weighted by molar-refractivity contribution is 5.89. The zero-order valence-electron chi connectivity index (χ0n) is 16.4. The zero-order valence-corrected chi connectivity index (χ0v) is 16.4. The number of nitrogens with zero attached hydrogens (tertiary/aromatic N) is 3. The standard InChI is InChI=1S/C23H30N4/c1-3-27(4-2)20-12-10-19(11-13-20)23-21-17-26(15-14-22(21)24-25-23)16-18-8-6-5-7-9-18/h5-13,21,23,25H,3-4,14-17H2,1-2H3. The van der Waals surface area contributed by atoms with Crippen LogP contribution >= 0.6 is 0 Å². The molecule has 4 heteroatoms. The largest absolute Gasteiger partial charge is 0.372 e. The third-order valence-corrected chi connectivity index (χ3v) is 5.95. The van der Waals surface area contributed by atoms with Crippen molar-refractivity contribution in [3.8, 4) is 0 Å². The van der Waals surface area contributed by atoms with Crippen LogP contribution in [0.1, 0.15) is 37.4 Å². The molecule has 0 aliphatic carbocycles. The van der Waals surface area contributed by atoms with Crippen molar-refractivity contribution in [2.45, 2.75) is 32.9 Å². The normalized spacial score (nSPS) is 22.1. The third kappa shape index (κ3) is 3.86. The molecule has 2 aliphatic heterocycles. The smallest absolute Gasteiger partial charge is 0.0782 e. The Bertz CT molecular complexity index is 765. The van der Waals surface area contributed by atoms with E-state index in [0.29, 0.717) is 12.0 Å². The summed E-state index contributed by atoms with van der Waals surface area (Å²) in [6.07, 6.45) is 1.07. The lowest BCUT2D eigenvalue weighted by Crippen LogP contribution is -2.41. The second-order valence-corrected chi connectivity index (χ2v) is 7.55. The van der Waals surface area contributed by atoms with Gasteiger partial charge in [-0.05, 0) is 37.1 Å². The van der Waals surface area contributed by atoms with Gasteiger partial charge < -0.3 is 10.3 Å². The molecule has 4 rings (SSSR count). The lowest BCUT2D eigenvalue weighted by atomic mass is 9.86. The predicted octanol–water partition coefficient (Wildman–Crippen LogP) is 4.06. The van der Waals surface area contributed by atoms with Crippen LogP contribution in [-0.2, 0) is 6.54 Å². The van der Waals surface area contributed by atoms with Crippen molar-refractivity contribution in [2.24, 2.45) is 11.0 Å². The van der Waals surface area contributed by atoms with Gasteiger partial charge in [0.05, 0.1) is 6.04 Å². The molecule has 2 atom stereocenters. The summed E-state index contributed by atoms with van der Waals surface area (Å²) in [6, 6.07) is 20.2. The summed E-state index contributed by atoms with van der Waals surface area (Å²) in [5, 5.41) is 4.68. The van der Waals surface area contributed by atoms with Gasteiger partial charge in [-0.25, -0.2) is 0 Å². The number of benzene rings is 2. The van der Waals surface area contributed by atoms with Crippen molar-refractivity contribution in [1.82, 2.24) is 10.3 Å².